The van der Waals surface area contributed by atoms with Crippen LogP contribution in [0.3, 0.4) is 0 Å². The van der Waals surface area contributed by atoms with Crippen molar-refractivity contribution in [2.75, 3.05) is 7.05 Å². The maximum atomic E-state index is 2.17. The summed E-state index contributed by atoms with van der Waals surface area (Å²) in [6.07, 6.45) is 0. The standard InChI is InChI=1S/C10H14N/c1-9(2)11(3)10-7-5-4-6-8-10/h4-8H,1-3H3/q+1. The van der Waals surface area contributed by atoms with Crippen molar-refractivity contribution < 1.29 is 4.58 Å². The van der Waals surface area contributed by atoms with Crippen molar-refractivity contribution in [2.24, 2.45) is 0 Å². The van der Waals surface area contributed by atoms with Gasteiger partial charge in [0.2, 0.25) is 5.69 Å². The molecule has 11 heavy (non-hydrogen) atoms. The van der Waals surface area contributed by atoms with Crippen molar-refractivity contribution in [3.05, 3.63) is 30.3 Å². The second-order valence-corrected chi connectivity index (χ2v) is 2.84. The molecule has 0 fully saturated rings. The van der Waals surface area contributed by atoms with E-state index >= 15 is 0 Å². The average molecular weight is 148 g/mol. The molecule has 0 spiro atoms. The van der Waals surface area contributed by atoms with Crippen molar-refractivity contribution in [3.8, 4) is 0 Å². The van der Waals surface area contributed by atoms with E-state index in [2.05, 4.69) is 49.7 Å². The fourth-order valence-electron chi connectivity index (χ4n) is 0.910. The second-order valence-electron chi connectivity index (χ2n) is 2.84. The number of benzene rings is 1. The Morgan fingerprint density at radius 3 is 2.09 bits per heavy atom. The molecule has 0 aliphatic carbocycles. The first-order valence-corrected chi connectivity index (χ1v) is 3.81. The molecule has 0 unspecified atom stereocenters. The summed E-state index contributed by atoms with van der Waals surface area (Å²) in [6, 6.07) is 10.3. The van der Waals surface area contributed by atoms with Gasteiger partial charge in [-0.25, -0.2) is 4.58 Å². The van der Waals surface area contributed by atoms with E-state index in [9.17, 15) is 0 Å². The fraction of sp³-hybridized carbons (Fsp3) is 0.300. The number of rotatable bonds is 1. The zero-order valence-corrected chi connectivity index (χ0v) is 7.33. The lowest BCUT2D eigenvalue weighted by Crippen LogP contribution is -2.04. The molecule has 0 atom stereocenters. The van der Waals surface area contributed by atoms with Crippen LogP contribution in [0.15, 0.2) is 30.3 Å². The van der Waals surface area contributed by atoms with E-state index in [1.165, 1.54) is 11.4 Å². The molecular weight excluding hydrogens is 134 g/mol. The van der Waals surface area contributed by atoms with Gasteiger partial charge in [-0.15, -0.1) is 0 Å². The molecule has 0 radical (unpaired) electrons. The Kier molecular flexibility index (Phi) is 2.42. The Hall–Kier alpha value is -1.11. The molecular formula is C10H14N+. The predicted octanol–water partition coefficient (Wildman–Crippen LogP) is 2.44. The molecule has 1 rings (SSSR count). The largest absolute Gasteiger partial charge is 0.204 e. The lowest BCUT2D eigenvalue weighted by molar-refractivity contribution is -0.406. The van der Waals surface area contributed by atoms with Crippen LogP contribution in [0.1, 0.15) is 13.8 Å². The van der Waals surface area contributed by atoms with Crippen molar-refractivity contribution in [1.29, 1.82) is 0 Å². The van der Waals surface area contributed by atoms with Crippen LogP contribution >= 0.6 is 0 Å². The van der Waals surface area contributed by atoms with Gasteiger partial charge >= 0.3 is 0 Å². The summed E-state index contributed by atoms with van der Waals surface area (Å²) < 4.78 is 2.17. The molecule has 0 saturated carbocycles. The van der Waals surface area contributed by atoms with Crippen LogP contribution in [-0.4, -0.2) is 17.3 Å². The highest BCUT2D eigenvalue weighted by molar-refractivity contribution is 5.75. The van der Waals surface area contributed by atoms with Crippen molar-refractivity contribution in [3.63, 3.8) is 0 Å². The van der Waals surface area contributed by atoms with E-state index < -0.39 is 0 Å². The molecule has 0 N–H and O–H groups in total. The summed E-state index contributed by atoms with van der Waals surface area (Å²) in [5.74, 6) is 0. The highest BCUT2D eigenvalue weighted by Crippen LogP contribution is 2.08. The smallest absolute Gasteiger partial charge is 0.203 e. The monoisotopic (exact) mass is 148 g/mol. The minimum absolute atomic E-state index is 1.24. The summed E-state index contributed by atoms with van der Waals surface area (Å²) in [4.78, 5) is 0. The average Bonchev–Trinajstić information content (AvgIpc) is 2.05. The highest BCUT2D eigenvalue weighted by atomic mass is 15.0. The Morgan fingerprint density at radius 2 is 1.64 bits per heavy atom. The van der Waals surface area contributed by atoms with Crippen molar-refractivity contribution >= 4 is 11.4 Å². The van der Waals surface area contributed by atoms with Crippen LogP contribution in [0, 0.1) is 0 Å². The molecule has 0 aliphatic rings. The first-order chi connectivity index (χ1) is 5.22. The predicted molar refractivity (Wildman–Crippen MR) is 48.6 cm³/mol. The highest BCUT2D eigenvalue weighted by Gasteiger charge is 2.01. The van der Waals surface area contributed by atoms with Crippen LogP contribution in [0.4, 0.5) is 5.69 Å². The van der Waals surface area contributed by atoms with Gasteiger partial charge in [-0.3, -0.25) is 0 Å². The third kappa shape index (κ3) is 1.90. The van der Waals surface area contributed by atoms with E-state index in [0.717, 1.165) is 0 Å². The molecule has 0 amide bonds. The molecule has 0 aromatic heterocycles. The molecule has 58 valence electrons. The molecule has 1 nitrogen and oxygen atoms in total. The van der Waals surface area contributed by atoms with Gasteiger partial charge in [-0.2, -0.15) is 0 Å². The zero-order valence-electron chi connectivity index (χ0n) is 7.33. The molecule has 0 heterocycles. The van der Waals surface area contributed by atoms with Crippen LogP contribution in [0.5, 0.6) is 0 Å². The van der Waals surface area contributed by atoms with Gasteiger partial charge in [-0.1, -0.05) is 18.2 Å². The first kappa shape index (κ1) is 7.99. The Bertz CT molecular complexity index is 255. The van der Waals surface area contributed by atoms with E-state index in [0.29, 0.717) is 0 Å². The molecule has 1 aromatic rings. The Morgan fingerprint density at radius 1 is 1.09 bits per heavy atom. The minimum Gasteiger partial charge on any atom is -0.203 e. The summed E-state index contributed by atoms with van der Waals surface area (Å²) in [5, 5.41) is 0. The zero-order chi connectivity index (χ0) is 8.27. The van der Waals surface area contributed by atoms with Gasteiger partial charge in [-0.05, 0) is 0 Å². The lowest BCUT2D eigenvalue weighted by atomic mass is 10.3. The molecule has 1 heteroatoms. The molecule has 0 saturated heterocycles. The maximum absolute atomic E-state index is 2.17. The number of para-hydroxylation sites is 1. The number of nitrogens with zero attached hydrogens (tertiary/aromatic N) is 1. The van der Waals surface area contributed by atoms with Gasteiger partial charge in [0.05, 0.1) is 0 Å². The van der Waals surface area contributed by atoms with E-state index in [1.54, 1.807) is 0 Å². The first-order valence-electron chi connectivity index (χ1n) is 3.81. The van der Waals surface area contributed by atoms with E-state index in [4.69, 9.17) is 0 Å². The Labute approximate surface area is 68.0 Å². The minimum atomic E-state index is 1.24. The van der Waals surface area contributed by atoms with Gasteiger partial charge in [0, 0.05) is 26.0 Å². The fourth-order valence-corrected chi connectivity index (χ4v) is 0.910. The van der Waals surface area contributed by atoms with Crippen LogP contribution < -0.4 is 0 Å². The van der Waals surface area contributed by atoms with Crippen LogP contribution in [0.2, 0.25) is 0 Å². The van der Waals surface area contributed by atoms with Crippen molar-refractivity contribution in [1.82, 2.24) is 0 Å². The van der Waals surface area contributed by atoms with Crippen LogP contribution in [0.25, 0.3) is 0 Å². The van der Waals surface area contributed by atoms with Gasteiger partial charge in [0.1, 0.15) is 7.05 Å². The number of hydrogen-bond donors (Lipinski definition) is 0. The molecule has 0 bridgehead atoms. The van der Waals surface area contributed by atoms with Gasteiger partial charge in [0.15, 0.2) is 5.71 Å². The SMILES string of the molecule is CC(C)=[N+](C)c1ccccc1. The van der Waals surface area contributed by atoms with Gasteiger partial charge in [0.25, 0.3) is 0 Å². The number of hydrogen-bond acceptors (Lipinski definition) is 0. The van der Waals surface area contributed by atoms with E-state index in [1.807, 2.05) is 6.07 Å². The third-order valence-electron chi connectivity index (χ3n) is 1.81. The van der Waals surface area contributed by atoms with Gasteiger partial charge < -0.3 is 0 Å². The van der Waals surface area contributed by atoms with Crippen LogP contribution in [-0.2, 0) is 0 Å². The normalized spacial score (nSPS) is 9.36. The summed E-state index contributed by atoms with van der Waals surface area (Å²) in [5.41, 5.74) is 2.55. The lowest BCUT2D eigenvalue weighted by Gasteiger charge is -1.96. The summed E-state index contributed by atoms with van der Waals surface area (Å²) >= 11 is 0. The van der Waals surface area contributed by atoms with Crippen molar-refractivity contribution in [2.45, 2.75) is 13.8 Å². The summed E-state index contributed by atoms with van der Waals surface area (Å²) in [7, 11) is 2.07. The summed E-state index contributed by atoms with van der Waals surface area (Å²) in [6.45, 7) is 4.21. The molecule has 0 aliphatic heterocycles. The van der Waals surface area contributed by atoms with E-state index in [-0.39, 0.29) is 0 Å². The topological polar surface area (TPSA) is 3.01 Å². The maximum Gasteiger partial charge on any atom is 0.204 e. The Balaban J connectivity index is 3.04. The second kappa shape index (κ2) is 3.33. The third-order valence-corrected chi connectivity index (χ3v) is 1.81. The quantitative estimate of drug-likeness (QED) is 0.425. The molecule has 1 aromatic carbocycles.